The molecule has 1 aliphatic heterocycles. The first-order valence-corrected chi connectivity index (χ1v) is 7.04. The smallest absolute Gasteiger partial charge is 0.380 e. The van der Waals surface area contributed by atoms with Crippen LogP contribution in [-0.2, 0) is 6.18 Å². The molecule has 1 aromatic rings. The summed E-state index contributed by atoms with van der Waals surface area (Å²) < 4.78 is 75.8. The van der Waals surface area contributed by atoms with Gasteiger partial charge in [0.05, 0.1) is 6.20 Å². The van der Waals surface area contributed by atoms with E-state index in [9.17, 15) is 31.4 Å². The molecule has 4 nitrogen and oxygen atoms in total. The molecule has 2 rings (SSSR count). The highest BCUT2D eigenvalue weighted by Crippen LogP contribution is 2.34. The van der Waals surface area contributed by atoms with Crippen LogP contribution in [0.2, 0.25) is 0 Å². The monoisotopic (exact) mass is 345 g/mol. The first kappa shape index (κ1) is 18.1. The lowest BCUT2D eigenvalue weighted by Gasteiger charge is -2.37. The molecule has 1 aromatic heterocycles. The third-order valence-electron chi connectivity index (χ3n) is 3.94. The van der Waals surface area contributed by atoms with E-state index in [0.717, 1.165) is 0 Å². The molecule has 0 aliphatic carbocycles. The van der Waals surface area contributed by atoms with Crippen molar-refractivity contribution in [3.63, 3.8) is 0 Å². The lowest BCUT2D eigenvalue weighted by Crippen LogP contribution is -2.53. The largest absolute Gasteiger partial charge is 0.432 e. The minimum Gasteiger partial charge on any atom is -0.380 e. The van der Waals surface area contributed by atoms with Crippen LogP contribution in [0.3, 0.4) is 0 Å². The summed E-state index contributed by atoms with van der Waals surface area (Å²) >= 11 is 0. The van der Waals surface area contributed by atoms with Gasteiger partial charge in [-0.3, -0.25) is 4.90 Å². The van der Waals surface area contributed by atoms with Crippen molar-refractivity contribution < 1.29 is 31.4 Å². The standard InChI is InChI=1S/C13H17F6N3O/c1-11(23,13(17,18)19)7-22-4-2-3-8(6-22)10-20-5-9(21-10)12(14,15)16/h5,8,23H,2-4,6-7H2,1H3,(H,20,21)/t8-,11+/m0/s1. The SMILES string of the molecule is C[C@@](O)(CN1CCC[C@H](c2ncc(C(F)(F)F)[nH]2)C1)C(F)(F)F. The van der Waals surface area contributed by atoms with Crippen molar-refractivity contribution >= 4 is 0 Å². The molecule has 1 aliphatic rings. The highest BCUT2D eigenvalue weighted by molar-refractivity contribution is 5.10. The lowest BCUT2D eigenvalue weighted by atomic mass is 9.95. The number of halogens is 6. The van der Waals surface area contributed by atoms with Crippen LogP contribution in [0, 0.1) is 0 Å². The Balaban J connectivity index is 2.05. The fraction of sp³-hybridized carbons (Fsp3) is 0.769. The van der Waals surface area contributed by atoms with Crippen molar-refractivity contribution in [2.24, 2.45) is 0 Å². The summed E-state index contributed by atoms with van der Waals surface area (Å²) in [7, 11) is 0. The molecular formula is C13H17F6N3O. The molecule has 10 heteroatoms. The van der Waals surface area contributed by atoms with Crippen LogP contribution in [-0.4, -0.2) is 51.4 Å². The molecule has 0 aromatic carbocycles. The van der Waals surface area contributed by atoms with Gasteiger partial charge in [0.2, 0.25) is 0 Å². The number of nitrogens with zero attached hydrogens (tertiary/aromatic N) is 2. The van der Waals surface area contributed by atoms with Gasteiger partial charge < -0.3 is 10.1 Å². The highest BCUT2D eigenvalue weighted by atomic mass is 19.4. The van der Waals surface area contributed by atoms with Crippen LogP contribution in [0.25, 0.3) is 0 Å². The van der Waals surface area contributed by atoms with Gasteiger partial charge in [0.15, 0.2) is 5.60 Å². The molecule has 0 radical (unpaired) electrons. The van der Waals surface area contributed by atoms with Crippen molar-refractivity contribution in [2.45, 2.75) is 43.6 Å². The number of alkyl halides is 6. The number of nitrogens with one attached hydrogen (secondary N) is 1. The number of imidazole rings is 1. The van der Waals surface area contributed by atoms with Crippen LogP contribution in [0.15, 0.2) is 6.20 Å². The van der Waals surface area contributed by atoms with Gasteiger partial charge in [0.1, 0.15) is 11.5 Å². The van der Waals surface area contributed by atoms with Crippen LogP contribution < -0.4 is 0 Å². The maximum Gasteiger partial charge on any atom is 0.432 e. The minimum atomic E-state index is -4.77. The zero-order valence-electron chi connectivity index (χ0n) is 12.3. The fourth-order valence-corrected chi connectivity index (χ4v) is 2.64. The van der Waals surface area contributed by atoms with E-state index in [-0.39, 0.29) is 12.4 Å². The van der Waals surface area contributed by atoms with E-state index in [1.807, 2.05) is 0 Å². The number of β-amino-alcohol motifs (C(OH)–C–C–N with tert-alkyl or cyclic N) is 1. The van der Waals surface area contributed by atoms with E-state index in [1.165, 1.54) is 4.90 Å². The predicted molar refractivity (Wildman–Crippen MR) is 68.7 cm³/mol. The van der Waals surface area contributed by atoms with E-state index in [4.69, 9.17) is 0 Å². The van der Waals surface area contributed by atoms with Crippen LogP contribution in [0.4, 0.5) is 26.3 Å². The molecule has 2 atom stereocenters. The molecule has 2 N–H and O–H groups in total. The minimum absolute atomic E-state index is 0.105. The Labute approximate surface area is 128 Å². The molecule has 23 heavy (non-hydrogen) atoms. The molecule has 1 fully saturated rings. The molecule has 1 saturated heterocycles. The van der Waals surface area contributed by atoms with E-state index >= 15 is 0 Å². The normalized spacial score (nSPS) is 23.7. The van der Waals surface area contributed by atoms with Gasteiger partial charge >= 0.3 is 12.4 Å². The summed E-state index contributed by atoms with van der Waals surface area (Å²) in [4.78, 5) is 7.29. The Morgan fingerprint density at radius 1 is 1.30 bits per heavy atom. The molecule has 2 heterocycles. The summed E-state index contributed by atoms with van der Waals surface area (Å²) in [5, 5.41) is 9.53. The number of likely N-dealkylation sites (tertiary alicyclic amines) is 1. The highest BCUT2D eigenvalue weighted by Gasteiger charge is 2.51. The number of H-pyrrole nitrogens is 1. The van der Waals surface area contributed by atoms with Crippen LogP contribution in [0.5, 0.6) is 0 Å². The first-order chi connectivity index (χ1) is 10.4. The average molecular weight is 345 g/mol. The first-order valence-electron chi connectivity index (χ1n) is 7.04. The maximum atomic E-state index is 12.7. The molecule has 0 saturated carbocycles. The lowest BCUT2D eigenvalue weighted by molar-refractivity contribution is -0.258. The Morgan fingerprint density at radius 2 is 1.96 bits per heavy atom. The summed E-state index contributed by atoms with van der Waals surface area (Å²) in [6.45, 7) is 0.512. The second kappa shape index (κ2) is 5.97. The van der Waals surface area contributed by atoms with Crippen molar-refractivity contribution in [1.82, 2.24) is 14.9 Å². The topological polar surface area (TPSA) is 52.1 Å². The second-order valence-electron chi connectivity index (χ2n) is 6.03. The maximum absolute atomic E-state index is 12.7. The van der Waals surface area contributed by atoms with E-state index in [1.54, 1.807) is 0 Å². The average Bonchev–Trinajstić information content (AvgIpc) is 2.86. The molecule has 0 spiro atoms. The summed E-state index contributed by atoms with van der Waals surface area (Å²) in [5.74, 6) is -0.322. The Hall–Kier alpha value is -1.29. The summed E-state index contributed by atoms with van der Waals surface area (Å²) in [5.41, 5.74) is -3.85. The Bertz CT molecular complexity index is 537. The molecule has 132 valence electrons. The van der Waals surface area contributed by atoms with Crippen molar-refractivity contribution in [3.05, 3.63) is 17.7 Å². The summed E-state index contributed by atoms with van der Waals surface area (Å²) in [6, 6.07) is 0. The Morgan fingerprint density at radius 3 is 2.48 bits per heavy atom. The van der Waals surface area contributed by atoms with Crippen molar-refractivity contribution in [2.75, 3.05) is 19.6 Å². The van der Waals surface area contributed by atoms with Gasteiger partial charge in [-0.1, -0.05) is 0 Å². The van der Waals surface area contributed by atoms with Gasteiger partial charge in [-0.2, -0.15) is 26.3 Å². The van der Waals surface area contributed by atoms with E-state index in [0.29, 0.717) is 32.5 Å². The van der Waals surface area contributed by atoms with Crippen molar-refractivity contribution in [1.29, 1.82) is 0 Å². The van der Waals surface area contributed by atoms with E-state index in [2.05, 4.69) is 9.97 Å². The summed E-state index contributed by atoms with van der Waals surface area (Å²) in [6.07, 6.45) is -7.59. The quantitative estimate of drug-likeness (QED) is 0.829. The van der Waals surface area contributed by atoms with Gasteiger partial charge in [-0.15, -0.1) is 0 Å². The third kappa shape index (κ3) is 4.17. The van der Waals surface area contributed by atoms with E-state index < -0.39 is 36.1 Å². The van der Waals surface area contributed by atoms with Crippen LogP contribution >= 0.6 is 0 Å². The second-order valence-corrected chi connectivity index (χ2v) is 6.03. The van der Waals surface area contributed by atoms with Crippen LogP contribution in [0.1, 0.15) is 37.2 Å². The number of piperidine rings is 1. The number of hydrogen-bond donors (Lipinski definition) is 2. The predicted octanol–water partition coefficient (Wildman–Crippen LogP) is 2.92. The fourth-order valence-electron chi connectivity index (χ4n) is 2.64. The Kier molecular flexibility index (Phi) is 4.69. The van der Waals surface area contributed by atoms with Crippen molar-refractivity contribution in [3.8, 4) is 0 Å². The van der Waals surface area contributed by atoms with Gasteiger partial charge in [0.25, 0.3) is 0 Å². The van der Waals surface area contributed by atoms with Gasteiger partial charge in [-0.05, 0) is 26.3 Å². The third-order valence-corrected chi connectivity index (χ3v) is 3.94. The number of aliphatic hydroxyl groups is 1. The zero-order valence-corrected chi connectivity index (χ0v) is 12.3. The molecule has 0 unspecified atom stereocenters. The van der Waals surface area contributed by atoms with Gasteiger partial charge in [-0.25, -0.2) is 4.98 Å². The number of aromatic amines is 1. The number of hydrogen-bond acceptors (Lipinski definition) is 3. The molecular weight excluding hydrogens is 328 g/mol. The zero-order chi connectivity index (χ0) is 17.5. The molecule has 0 amide bonds. The number of aromatic nitrogens is 2. The number of rotatable bonds is 3. The van der Waals surface area contributed by atoms with Gasteiger partial charge in [0, 0.05) is 19.0 Å². The molecule has 0 bridgehead atoms.